The molecule has 1 fully saturated rings. The van der Waals surface area contributed by atoms with E-state index in [1.165, 1.54) is 0 Å². The standard InChI is InChI=1S/C28H34N2O5/c1-2-10-25(26(31)29-24-16-5-3-4-15-22(24)27(32)33)30-28(34)35-17-23-20-13-8-6-11-18(20)19-12-7-9-14-21(19)23/h6-9,11-14,22-25H,2-5,10,15-17H2,1H3,(H,29,31)(H,30,34)(H,32,33)/t22?,24?,25-/m0/s1. The van der Waals surface area contributed by atoms with Gasteiger partial charge < -0.3 is 20.5 Å². The Balaban J connectivity index is 1.38. The fourth-order valence-corrected chi connectivity index (χ4v) is 5.40. The minimum absolute atomic E-state index is 0.0612. The summed E-state index contributed by atoms with van der Waals surface area (Å²) in [5.74, 6) is -1.89. The molecule has 3 N–H and O–H groups in total. The van der Waals surface area contributed by atoms with Gasteiger partial charge in [-0.1, -0.05) is 81.1 Å². The van der Waals surface area contributed by atoms with Gasteiger partial charge in [-0.05, 0) is 41.5 Å². The Morgan fingerprint density at radius 1 is 0.971 bits per heavy atom. The number of carboxylic acid groups (broad SMARTS) is 1. The van der Waals surface area contributed by atoms with Gasteiger partial charge in [-0.25, -0.2) is 4.79 Å². The van der Waals surface area contributed by atoms with E-state index >= 15 is 0 Å². The van der Waals surface area contributed by atoms with Crippen molar-refractivity contribution in [2.75, 3.05) is 6.61 Å². The molecule has 2 amide bonds. The first-order valence-electron chi connectivity index (χ1n) is 12.6. The van der Waals surface area contributed by atoms with Crippen LogP contribution in [0.5, 0.6) is 0 Å². The highest BCUT2D eigenvalue weighted by molar-refractivity contribution is 5.86. The second-order valence-corrected chi connectivity index (χ2v) is 9.51. The molecule has 0 aromatic heterocycles. The van der Waals surface area contributed by atoms with Crippen LogP contribution in [-0.2, 0) is 14.3 Å². The molecule has 0 aliphatic heterocycles. The molecule has 2 aromatic carbocycles. The first-order valence-corrected chi connectivity index (χ1v) is 12.6. The zero-order valence-corrected chi connectivity index (χ0v) is 20.2. The maximum atomic E-state index is 13.0. The van der Waals surface area contributed by atoms with E-state index < -0.39 is 30.1 Å². The number of hydrogen-bond acceptors (Lipinski definition) is 4. The molecule has 0 saturated heterocycles. The number of nitrogens with one attached hydrogen (secondary N) is 2. The van der Waals surface area contributed by atoms with Gasteiger partial charge in [0, 0.05) is 12.0 Å². The van der Waals surface area contributed by atoms with Gasteiger partial charge in [-0.2, -0.15) is 0 Å². The summed E-state index contributed by atoms with van der Waals surface area (Å²) in [6.07, 6.45) is 4.37. The van der Waals surface area contributed by atoms with Crippen LogP contribution in [0.3, 0.4) is 0 Å². The highest BCUT2D eigenvalue weighted by atomic mass is 16.5. The summed E-state index contributed by atoms with van der Waals surface area (Å²) in [6, 6.07) is 15.0. The van der Waals surface area contributed by atoms with Crippen LogP contribution < -0.4 is 10.6 Å². The Bertz CT molecular complexity index is 1020. The van der Waals surface area contributed by atoms with Gasteiger partial charge in [-0.3, -0.25) is 9.59 Å². The largest absolute Gasteiger partial charge is 0.481 e. The molecule has 0 spiro atoms. The quantitative estimate of drug-likeness (QED) is 0.471. The Morgan fingerprint density at radius 3 is 2.23 bits per heavy atom. The molecule has 0 bridgehead atoms. The molecule has 0 radical (unpaired) electrons. The Labute approximate surface area is 206 Å². The second-order valence-electron chi connectivity index (χ2n) is 9.51. The van der Waals surface area contributed by atoms with Gasteiger partial charge in [0.15, 0.2) is 0 Å². The molecule has 2 aliphatic carbocycles. The molecule has 35 heavy (non-hydrogen) atoms. The van der Waals surface area contributed by atoms with E-state index in [2.05, 4.69) is 34.9 Å². The lowest BCUT2D eigenvalue weighted by Gasteiger charge is -2.26. The number of alkyl carbamates (subject to hydrolysis) is 1. The van der Waals surface area contributed by atoms with Crippen molar-refractivity contribution in [3.05, 3.63) is 59.7 Å². The third kappa shape index (κ3) is 5.66. The van der Waals surface area contributed by atoms with Crippen LogP contribution in [-0.4, -0.2) is 41.8 Å². The zero-order valence-electron chi connectivity index (χ0n) is 20.2. The maximum absolute atomic E-state index is 13.0. The van der Waals surface area contributed by atoms with Crippen molar-refractivity contribution < 1.29 is 24.2 Å². The van der Waals surface area contributed by atoms with Crippen LogP contribution in [0.2, 0.25) is 0 Å². The van der Waals surface area contributed by atoms with Crippen molar-refractivity contribution in [2.24, 2.45) is 5.92 Å². The van der Waals surface area contributed by atoms with Gasteiger partial charge in [-0.15, -0.1) is 0 Å². The van der Waals surface area contributed by atoms with Crippen molar-refractivity contribution in [1.82, 2.24) is 10.6 Å². The highest BCUT2D eigenvalue weighted by Crippen LogP contribution is 2.44. The minimum Gasteiger partial charge on any atom is -0.481 e. The van der Waals surface area contributed by atoms with Crippen molar-refractivity contribution in [3.63, 3.8) is 0 Å². The summed E-state index contributed by atoms with van der Waals surface area (Å²) in [6.45, 7) is 2.11. The predicted molar refractivity (Wildman–Crippen MR) is 133 cm³/mol. The summed E-state index contributed by atoms with van der Waals surface area (Å²) in [5, 5.41) is 15.2. The van der Waals surface area contributed by atoms with Crippen molar-refractivity contribution in [1.29, 1.82) is 0 Å². The van der Waals surface area contributed by atoms with E-state index in [9.17, 15) is 19.5 Å². The number of fused-ring (bicyclic) bond motifs is 3. The van der Waals surface area contributed by atoms with Gasteiger partial charge in [0.25, 0.3) is 0 Å². The van der Waals surface area contributed by atoms with Crippen LogP contribution in [0.25, 0.3) is 11.1 Å². The number of amides is 2. The summed E-state index contributed by atoms with van der Waals surface area (Å²) >= 11 is 0. The number of hydrogen-bond donors (Lipinski definition) is 3. The van der Waals surface area contributed by atoms with E-state index in [0.717, 1.165) is 41.5 Å². The van der Waals surface area contributed by atoms with Crippen LogP contribution in [0.15, 0.2) is 48.5 Å². The van der Waals surface area contributed by atoms with E-state index in [-0.39, 0.29) is 18.4 Å². The van der Waals surface area contributed by atoms with Gasteiger partial charge in [0.1, 0.15) is 12.6 Å². The summed E-state index contributed by atoms with van der Waals surface area (Å²) in [5.41, 5.74) is 4.54. The molecule has 7 heteroatoms. The number of benzene rings is 2. The molecule has 186 valence electrons. The predicted octanol–water partition coefficient (Wildman–Crippen LogP) is 4.84. The zero-order chi connectivity index (χ0) is 24.8. The normalized spacial score (nSPS) is 20.1. The molecule has 7 nitrogen and oxygen atoms in total. The number of carboxylic acids is 1. The fourth-order valence-electron chi connectivity index (χ4n) is 5.40. The molecule has 2 aromatic rings. The summed E-state index contributed by atoms with van der Waals surface area (Å²) in [7, 11) is 0. The van der Waals surface area contributed by atoms with Crippen LogP contribution in [0, 0.1) is 5.92 Å². The maximum Gasteiger partial charge on any atom is 0.407 e. The number of carbonyl (C=O) groups is 3. The van der Waals surface area contributed by atoms with E-state index in [1.54, 1.807) is 0 Å². The Kier molecular flexibility index (Phi) is 8.06. The smallest absolute Gasteiger partial charge is 0.407 e. The SMILES string of the molecule is CCC[C@H](NC(=O)OCC1c2ccccc2-c2ccccc21)C(=O)NC1CCCCCC1C(=O)O. The Hall–Kier alpha value is -3.35. The number of aliphatic carboxylic acids is 1. The third-order valence-corrected chi connectivity index (χ3v) is 7.19. The van der Waals surface area contributed by atoms with Crippen molar-refractivity contribution in [2.45, 2.75) is 69.9 Å². The number of carbonyl (C=O) groups excluding carboxylic acids is 2. The first-order chi connectivity index (χ1) is 17.0. The molecule has 2 aliphatic rings. The summed E-state index contributed by atoms with van der Waals surface area (Å²) in [4.78, 5) is 37.5. The van der Waals surface area contributed by atoms with Crippen LogP contribution in [0.1, 0.15) is 68.9 Å². The Morgan fingerprint density at radius 2 is 1.60 bits per heavy atom. The average Bonchev–Trinajstić information content (AvgIpc) is 2.98. The molecule has 2 unspecified atom stereocenters. The molecule has 1 saturated carbocycles. The van der Waals surface area contributed by atoms with E-state index in [0.29, 0.717) is 25.7 Å². The van der Waals surface area contributed by atoms with Crippen LogP contribution in [0.4, 0.5) is 4.79 Å². The monoisotopic (exact) mass is 478 g/mol. The number of rotatable bonds is 8. The molecular formula is C28H34N2O5. The van der Waals surface area contributed by atoms with Gasteiger partial charge in [0.2, 0.25) is 5.91 Å². The molecule has 0 heterocycles. The molecule has 4 rings (SSSR count). The minimum atomic E-state index is -0.881. The first kappa shape index (κ1) is 24.8. The lowest BCUT2D eigenvalue weighted by Crippen LogP contribution is -2.52. The molecule has 3 atom stereocenters. The van der Waals surface area contributed by atoms with Crippen LogP contribution >= 0.6 is 0 Å². The lowest BCUT2D eigenvalue weighted by atomic mass is 9.94. The van der Waals surface area contributed by atoms with Gasteiger partial charge >= 0.3 is 12.1 Å². The fraction of sp³-hybridized carbons (Fsp3) is 0.464. The van der Waals surface area contributed by atoms with Gasteiger partial charge in [0.05, 0.1) is 5.92 Å². The molecular weight excluding hydrogens is 444 g/mol. The second kappa shape index (κ2) is 11.4. The number of ether oxygens (including phenoxy) is 1. The van der Waals surface area contributed by atoms with E-state index in [1.807, 2.05) is 31.2 Å². The van der Waals surface area contributed by atoms with Crippen molar-refractivity contribution in [3.8, 4) is 11.1 Å². The third-order valence-electron chi connectivity index (χ3n) is 7.19. The average molecular weight is 479 g/mol. The summed E-state index contributed by atoms with van der Waals surface area (Å²) < 4.78 is 5.61. The van der Waals surface area contributed by atoms with Crippen molar-refractivity contribution >= 4 is 18.0 Å². The lowest BCUT2D eigenvalue weighted by molar-refractivity contribution is -0.143. The highest BCUT2D eigenvalue weighted by Gasteiger charge is 2.33. The van der Waals surface area contributed by atoms with E-state index in [4.69, 9.17) is 4.74 Å². The topological polar surface area (TPSA) is 105 Å².